The van der Waals surface area contributed by atoms with Crippen LogP contribution in [0.5, 0.6) is 11.6 Å². The molecule has 2 N–H and O–H groups in total. The summed E-state index contributed by atoms with van der Waals surface area (Å²) in [6, 6.07) is 15.4. The highest BCUT2D eigenvalue weighted by Crippen LogP contribution is 2.30. The topological polar surface area (TPSA) is 140 Å². The van der Waals surface area contributed by atoms with Crippen molar-refractivity contribution in [3.8, 4) is 23.1 Å². The Bertz CT molecular complexity index is 1420. The maximum atomic E-state index is 12.8. The largest absolute Gasteiger partial charge is 0.495 e. The van der Waals surface area contributed by atoms with Crippen molar-refractivity contribution in [3.63, 3.8) is 0 Å². The van der Waals surface area contributed by atoms with Crippen LogP contribution in [0, 0.1) is 28.9 Å². The standard InChI is InChI=1S/C25H21N5O4S/c1-16-19(13-26)23(31)30(11-10-17-6-4-3-5-7-17)24(32)20(16)14-28-25(33)29-21-9-8-18(35-15-27)12-22(21)34-2/h3-9,12,14,32H,10-11H2,1-2H3,(H,29,33)/b28-14-. The molecule has 176 valence electrons. The van der Waals surface area contributed by atoms with Crippen LogP contribution in [-0.4, -0.2) is 29.0 Å². The third-order valence-electron chi connectivity index (χ3n) is 5.20. The van der Waals surface area contributed by atoms with Crippen molar-refractivity contribution in [3.05, 3.63) is 81.1 Å². The number of benzene rings is 2. The van der Waals surface area contributed by atoms with Gasteiger partial charge >= 0.3 is 6.03 Å². The predicted octanol–water partition coefficient (Wildman–Crippen LogP) is 4.21. The summed E-state index contributed by atoms with van der Waals surface area (Å²) in [5.74, 6) is -0.0384. The molecule has 35 heavy (non-hydrogen) atoms. The number of nitriles is 2. The van der Waals surface area contributed by atoms with Crippen LogP contribution >= 0.6 is 11.8 Å². The highest BCUT2D eigenvalue weighted by molar-refractivity contribution is 8.03. The van der Waals surface area contributed by atoms with Gasteiger partial charge in [-0.15, -0.1) is 0 Å². The number of aromatic nitrogens is 1. The molecule has 0 radical (unpaired) electrons. The molecule has 0 atom stereocenters. The summed E-state index contributed by atoms with van der Waals surface area (Å²) in [5.41, 5.74) is 0.865. The minimum atomic E-state index is -0.761. The number of urea groups is 1. The lowest BCUT2D eigenvalue weighted by Gasteiger charge is -2.14. The number of thioether (sulfide) groups is 1. The Hall–Kier alpha value is -4.54. The summed E-state index contributed by atoms with van der Waals surface area (Å²) in [6.45, 7) is 1.65. The van der Waals surface area contributed by atoms with E-state index in [1.807, 2.05) is 41.8 Å². The first-order chi connectivity index (χ1) is 16.9. The molecule has 0 saturated heterocycles. The van der Waals surface area contributed by atoms with Gasteiger partial charge in [0.1, 0.15) is 22.8 Å². The number of aryl methyl sites for hydroxylation is 1. The lowest BCUT2D eigenvalue weighted by atomic mass is 10.1. The second-order valence-electron chi connectivity index (χ2n) is 7.29. The molecule has 0 spiro atoms. The van der Waals surface area contributed by atoms with Crippen LogP contribution < -0.4 is 15.6 Å². The fourth-order valence-corrected chi connectivity index (χ4v) is 3.79. The number of carbonyl (C=O) groups is 1. The number of aromatic hydroxyl groups is 1. The number of carbonyl (C=O) groups excluding carboxylic acids is 1. The molecular weight excluding hydrogens is 466 g/mol. The fourth-order valence-electron chi connectivity index (χ4n) is 3.38. The summed E-state index contributed by atoms with van der Waals surface area (Å²) < 4.78 is 6.36. The molecule has 0 unspecified atom stereocenters. The summed E-state index contributed by atoms with van der Waals surface area (Å²) >= 11 is 0.953. The molecule has 0 saturated carbocycles. The zero-order valence-electron chi connectivity index (χ0n) is 19.0. The van der Waals surface area contributed by atoms with Crippen molar-refractivity contribution < 1.29 is 14.6 Å². The molecule has 3 aromatic rings. The minimum absolute atomic E-state index is 0.0945. The van der Waals surface area contributed by atoms with Gasteiger partial charge < -0.3 is 15.2 Å². The van der Waals surface area contributed by atoms with Crippen LogP contribution in [0.4, 0.5) is 10.5 Å². The van der Waals surface area contributed by atoms with E-state index in [2.05, 4.69) is 10.3 Å². The van der Waals surface area contributed by atoms with Gasteiger partial charge in [-0.3, -0.25) is 9.36 Å². The van der Waals surface area contributed by atoms with Gasteiger partial charge in [0.15, 0.2) is 0 Å². The molecule has 0 bridgehead atoms. The van der Waals surface area contributed by atoms with Gasteiger partial charge in [0.05, 0.1) is 18.4 Å². The third-order valence-corrected chi connectivity index (χ3v) is 5.78. The Morgan fingerprint density at radius 1 is 1.26 bits per heavy atom. The second-order valence-corrected chi connectivity index (χ2v) is 8.14. The van der Waals surface area contributed by atoms with Crippen molar-refractivity contribution in [1.29, 1.82) is 10.5 Å². The molecule has 3 rings (SSSR count). The van der Waals surface area contributed by atoms with Gasteiger partial charge in [-0.25, -0.2) is 9.79 Å². The number of aliphatic imine (C=N–C) groups is 1. The van der Waals surface area contributed by atoms with Crippen LogP contribution in [-0.2, 0) is 13.0 Å². The van der Waals surface area contributed by atoms with E-state index in [1.165, 1.54) is 14.0 Å². The predicted molar refractivity (Wildman–Crippen MR) is 133 cm³/mol. The van der Waals surface area contributed by atoms with E-state index in [1.54, 1.807) is 18.2 Å². The van der Waals surface area contributed by atoms with Gasteiger partial charge in [0.25, 0.3) is 5.56 Å². The van der Waals surface area contributed by atoms with Crippen molar-refractivity contribution in [2.24, 2.45) is 4.99 Å². The first-order valence-electron chi connectivity index (χ1n) is 10.4. The number of hydrogen-bond donors (Lipinski definition) is 2. The molecule has 0 aliphatic heterocycles. The number of hydrogen-bond acceptors (Lipinski definition) is 7. The number of anilines is 1. The summed E-state index contributed by atoms with van der Waals surface area (Å²) in [5, 5.41) is 33.6. The Labute approximate surface area is 205 Å². The summed E-state index contributed by atoms with van der Waals surface area (Å²) in [6.07, 6.45) is 1.57. The molecule has 0 aliphatic carbocycles. The Morgan fingerprint density at radius 2 is 2.00 bits per heavy atom. The monoisotopic (exact) mass is 487 g/mol. The normalized spacial score (nSPS) is 10.5. The summed E-state index contributed by atoms with van der Waals surface area (Å²) in [4.78, 5) is 29.7. The average molecular weight is 488 g/mol. The molecule has 2 amide bonds. The second kappa shape index (κ2) is 11.5. The van der Waals surface area contributed by atoms with Gasteiger partial charge in [0, 0.05) is 17.7 Å². The maximum Gasteiger partial charge on any atom is 0.345 e. The van der Waals surface area contributed by atoms with Crippen LogP contribution in [0.15, 0.2) is 63.2 Å². The van der Waals surface area contributed by atoms with E-state index in [0.29, 0.717) is 22.8 Å². The number of ether oxygens (including phenoxy) is 1. The number of methoxy groups -OCH3 is 1. The molecule has 1 aromatic heterocycles. The van der Waals surface area contributed by atoms with E-state index < -0.39 is 11.6 Å². The molecular formula is C25H21N5O4S. The highest BCUT2D eigenvalue weighted by Gasteiger charge is 2.18. The van der Waals surface area contributed by atoms with Crippen molar-refractivity contribution in [2.75, 3.05) is 12.4 Å². The fraction of sp³-hybridized carbons (Fsp3) is 0.160. The van der Waals surface area contributed by atoms with Crippen LogP contribution in [0.1, 0.15) is 22.3 Å². The third kappa shape index (κ3) is 5.88. The van der Waals surface area contributed by atoms with Gasteiger partial charge in [-0.1, -0.05) is 30.3 Å². The first-order valence-corrected chi connectivity index (χ1v) is 11.2. The van der Waals surface area contributed by atoms with E-state index >= 15 is 0 Å². The average Bonchev–Trinajstić information content (AvgIpc) is 2.85. The lowest BCUT2D eigenvalue weighted by molar-refractivity contribution is 0.259. The summed E-state index contributed by atoms with van der Waals surface area (Å²) in [7, 11) is 1.43. The number of amides is 2. The van der Waals surface area contributed by atoms with Crippen molar-refractivity contribution in [2.45, 2.75) is 24.8 Å². The van der Waals surface area contributed by atoms with Gasteiger partial charge in [0.2, 0.25) is 5.88 Å². The van der Waals surface area contributed by atoms with E-state index in [0.717, 1.165) is 28.1 Å². The minimum Gasteiger partial charge on any atom is -0.495 e. The molecule has 10 heteroatoms. The molecule has 0 aliphatic rings. The Balaban J connectivity index is 1.88. The van der Waals surface area contributed by atoms with Crippen molar-refractivity contribution >= 4 is 29.7 Å². The van der Waals surface area contributed by atoms with E-state index in [4.69, 9.17) is 10.00 Å². The van der Waals surface area contributed by atoms with E-state index in [9.17, 15) is 20.0 Å². The molecule has 1 heterocycles. The smallest absolute Gasteiger partial charge is 0.345 e. The Morgan fingerprint density at radius 3 is 2.66 bits per heavy atom. The van der Waals surface area contributed by atoms with Crippen molar-refractivity contribution in [1.82, 2.24) is 4.57 Å². The number of rotatable bonds is 7. The number of pyridine rings is 1. The van der Waals surface area contributed by atoms with Gasteiger partial charge in [-0.05, 0) is 54.4 Å². The molecule has 0 fully saturated rings. The Kier molecular flexibility index (Phi) is 8.28. The highest BCUT2D eigenvalue weighted by atomic mass is 32.2. The molecule has 2 aromatic carbocycles. The molecule has 9 nitrogen and oxygen atoms in total. The number of nitrogens with zero attached hydrogens (tertiary/aromatic N) is 4. The number of nitrogens with one attached hydrogen (secondary N) is 1. The number of thiocyanates is 1. The zero-order chi connectivity index (χ0) is 25.4. The first kappa shape index (κ1) is 25.1. The quantitative estimate of drug-likeness (QED) is 0.289. The lowest BCUT2D eigenvalue weighted by Crippen LogP contribution is -2.26. The van der Waals surface area contributed by atoms with Crippen LogP contribution in [0.25, 0.3) is 0 Å². The SMILES string of the molecule is COc1cc(SC#N)ccc1NC(=O)/N=C\c1c(C)c(C#N)c(=O)n(CCc2ccccc2)c1O. The van der Waals surface area contributed by atoms with E-state index in [-0.39, 0.29) is 29.1 Å². The van der Waals surface area contributed by atoms with Crippen LogP contribution in [0.3, 0.4) is 0 Å². The van der Waals surface area contributed by atoms with Gasteiger partial charge in [-0.2, -0.15) is 10.5 Å². The zero-order valence-corrected chi connectivity index (χ0v) is 19.8. The maximum absolute atomic E-state index is 12.8. The van der Waals surface area contributed by atoms with Crippen LogP contribution in [0.2, 0.25) is 0 Å².